The van der Waals surface area contributed by atoms with Crippen molar-refractivity contribution in [1.82, 2.24) is 0 Å². The van der Waals surface area contributed by atoms with E-state index in [9.17, 15) is 19.5 Å². The quantitative estimate of drug-likeness (QED) is 0.0517. The predicted molar refractivity (Wildman–Crippen MR) is 161 cm³/mol. The lowest BCUT2D eigenvalue weighted by molar-refractivity contribution is -0.929. The monoisotopic (exact) mass is 567 g/mol. The van der Waals surface area contributed by atoms with E-state index >= 15 is 0 Å². The largest absolute Gasteiger partial charge is 0.550 e. The van der Waals surface area contributed by atoms with Gasteiger partial charge in [-0.25, -0.2) is 0 Å². The van der Waals surface area contributed by atoms with Crippen molar-refractivity contribution in [3.8, 4) is 0 Å². The number of carboxylic acids is 3. The highest BCUT2D eigenvalue weighted by Gasteiger charge is 2.26. The summed E-state index contributed by atoms with van der Waals surface area (Å²) in [7, 11) is 0. The first-order valence-corrected chi connectivity index (χ1v) is 16.4. The van der Waals surface area contributed by atoms with E-state index in [4.69, 9.17) is 10.2 Å². The molecule has 234 valence electrons. The Labute approximate surface area is 245 Å². The first kappa shape index (κ1) is 38.1. The van der Waals surface area contributed by atoms with Gasteiger partial charge in [0.15, 0.2) is 0 Å². The zero-order chi connectivity index (χ0) is 29.7. The molecule has 0 saturated heterocycles. The van der Waals surface area contributed by atoms with Crippen LogP contribution in [0.4, 0.5) is 0 Å². The molecule has 0 aromatic carbocycles. The van der Waals surface area contributed by atoms with Gasteiger partial charge in [-0.15, -0.1) is 0 Å². The van der Waals surface area contributed by atoms with Crippen LogP contribution >= 0.6 is 0 Å². The van der Waals surface area contributed by atoms with Crippen molar-refractivity contribution in [1.29, 1.82) is 0 Å². The SMILES string of the molecule is CCCCCCCCCCCC/C=C\CCCCCCC[N+](CCCC(=O)[O-])(CCCC(=O)O)CCCC(=O)O. The van der Waals surface area contributed by atoms with E-state index in [2.05, 4.69) is 19.1 Å². The Balaban J connectivity index is 4.17. The molecule has 40 heavy (non-hydrogen) atoms. The third-order valence-electron chi connectivity index (χ3n) is 7.95. The summed E-state index contributed by atoms with van der Waals surface area (Å²) in [4.78, 5) is 33.1. The predicted octanol–water partition coefficient (Wildman–Crippen LogP) is 7.27. The second-order valence-electron chi connectivity index (χ2n) is 11.7. The fourth-order valence-corrected chi connectivity index (χ4v) is 5.59. The average Bonchev–Trinajstić information content (AvgIpc) is 2.89. The van der Waals surface area contributed by atoms with Crippen LogP contribution in [-0.2, 0) is 14.4 Å². The van der Waals surface area contributed by atoms with Crippen molar-refractivity contribution < 1.29 is 34.2 Å². The van der Waals surface area contributed by atoms with Gasteiger partial charge in [0.1, 0.15) is 0 Å². The second kappa shape index (κ2) is 27.3. The first-order valence-electron chi connectivity index (χ1n) is 16.4. The van der Waals surface area contributed by atoms with E-state index in [0.29, 0.717) is 43.4 Å². The minimum atomic E-state index is -1.08. The van der Waals surface area contributed by atoms with E-state index < -0.39 is 17.9 Å². The molecule has 0 saturated carbocycles. The van der Waals surface area contributed by atoms with E-state index in [0.717, 1.165) is 32.2 Å². The molecule has 0 rings (SSSR count). The highest BCUT2D eigenvalue weighted by atomic mass is 16.4. The molecule has 7 nitrogen and oxygen atoms in total. The molecular formula is C33H61NO6. The molecule has 0 bridgehead atoms. The number of rotatable bonds is 31. The molecule has 0 aliphatic heterocycles. The standard InChI is InChI=1S/C33H61NO6/c1-2-3-4-5-6-7-8-9-10-11-12-13-14-15-16-17-18-19-20-27-34(28-21-24-31(35)36,29-22-25-32(37)38)30-23-26-33(39)40/h13-14H,2-12,15-30H2,1H3,(H2-,35,36,37,38,39,40)/b14-13-. The number of nitrogens with zero attached hydrogens (tertiary/aromatic N) is 1. The van der Waals surface area contributed by atoms with Gasteiger partial charge in [0.05, 0.1) is 39.0 Å². The average molecular weight is 568 g/mol. The summed E-state index contributed by atoms with van der Waals surface area (Å²) in [6.07, 6.45) is 28.0. The molecule has 0 heterocycles. The highest BCUT2D eigenvalue weighted by Crippen LogP contribution is 2.18. The molecule has 0 aromatic heterocycles. The van der Waals surface area contributed by atoms with Crippen LogP contribution in [0.3, 0.4) is 0 Å². The fraction of sp³-hybridized carbons (Fsp3) is 0.848. The van der Waals surface area contributed by atoms with E-state index in [1.165, 1.54) is 83.5 Å². The Morgan fingerprint density at radius 2 is 0.875 bits per heavy atom. The number of quaternary nitrogens is 1. The maximum Gasteiger partial charge on any atom is 0.303 e. The summed E-state index contributed by atoms with van der Waals surface area (Å²) in [5.74, 6) is -2.75. The van der Waals surface area contributed by atoms with E-state index in [1.54, 1.807) is 0 Å². The maximum atomic E-state index is 11.1. The van der Waals surface area contributed by atoms with Crippen LogP contribution in [0.5, 0.6) is 0 Å². The van der Waals surface area contributed by atoms with Crippen molar-refractivity contribution >= 4 is 17.9 Å². The zero-order valence-electron chi connectivity index (χ0n) is 25.7. The number of unbranched alkanes of at least 4 members (excludes halogenated alkanes) is 15. The zero-order valence-corrected chi connectivity index (χ0v) is 25.7. The molecule has 0 atom stereocenters. The molecule has 7 heteroatoms. The molecule has 2 N–H and O–H groups in total. The molecule has 0 spiro atoms. The Hall–Kier alpha value is -1.89. The van der Waals surface area contributed by atoms with Crippen LogP contribution in [0.15, 0.2) is 12.2 Å². The summed E-state index contributed by atoms with van der Waals surface area (Å²) in [6.45, 7) is 5.01. The number of allylic oxidation sites excluding steroid dienone is 2. The Bertz CT molecular complexity index is 613. The minimum Gasteiger partial charge on any atom is -0.550 e. The van der Waals surface area contributed by atoms with Crippen LogP contribution in [0.25, 0.3) is 0 Å². The first-order chi connectivity index (χ1) is 19.3. The maximum absolute atomic E-state index is 11.1. The second-order valence-corrected chi connectivity index (χ2v) is 11.7. The number of hydrogen-bond acceptors (Lipinski definition) is 4. The van der Waals surface area contributed by atoms with Crippen LogP contribution in [0.2, 0.25) is 0 Å². The minimum absolute atomic E-state index is 0.0232. The topological polar surface area (TPSA) is 115 Å². The Morgan fingerprint density at radius 3 is 1.27 bits per heavy atom. The van der Waals surface area contributed by atoms with Crippen molar-refractivity contribution in [3.63, 3.8) is 0 Å². The van der Waals surface area contributed by atoms with Gasteiger partial charge in [-0.3, -0.25) is 9.59 Å². The lowest BCUT2D eigenvalue weighted by Crippen LogP contribution is -2.51. The van der Waals surface area contributed by atoms with Crippen LogP contribution in [0.1, 0.15) is 155 Å². The molecule has 0 unspecified atom stereocenters. The summed E-state index contributed by atoms with van der Waals surface area (Å²) in [6, 6.07) is 0. The van der Waals surface area contributed by atoms with Gasteiger partial charge in [0.2, 0.25) is 0 Å². The normalized spacial score (nSPS) is 11.8. The molecule has 0 fully saturated rings. The Morgan fingerprint density at radius 1 is 0.525 bits per heavy atom. The van der Waals surface area contributed by atoms with Crippen LogP contribution < -0.4 is 5.11 Å². The van der Waals surface area contributed by atoms with Crippen molar-refractivity contribution in [2.24, 2.45) is 0 Å². The molecule has 0 amide bonds. The third-order valence-corrected chi connectivity index (χ3v) is 7.95. The third kappa shape index (κ3) is 26.3. The highest BCUT2D eigenvalue weighted by molar-refractivity contribution is 5.66. The van der Waals surface area contributed by atoms with Crippen LogP contribution in [0, 0.1) is 0 Å². The smallest absolute Gasteiger partial charge is 0.303 e. The Kier molecular flexibility index (Phi) is 26.0. The lowest BCUT2D eigenvalue weighted by atomic mass is 10.1. The lowest BCUT2D eigenvalue weighted by Gasteiger charge is -2.39. The van der Waals surface area contributed by atoms with E-state index in [1.807, 2.05) is 0 Å². The number of carboxylic acid groups (broad SMARTS) is 3. The molecule has 0 radical (unpaired) electrons. The van der Waals surface area contributed by atoms with Gasteiger partial charge in [-0.1, -0.05) is 89.7 Å². The summed E-state index contributed by atoms with van der Waals surface area (Å²) >= 11 is 0. The number of aliphatic carboxylic acids is 3. The van der Waals surface area contributed by atoms with Crippen LogP contribution in [-0.4, -0.2) is 58.8 Å². The van der Waals surface area contributed by atoms with Gasteiger partial charge in [0.25, 0.3) is 0 Å². The number of hydrogen-bond donors (Lipinski definition) is 2. The molecule has 0 aromatic rings. The van der Waals surface area contributed by atoms with Gasteiger partial charge < -0.3 is 24.6 Å². The molecule has 0 aliphatic rings. The summed E-state index contributed by atoms with van der Waals surface area (Å²) in [5, 5.41) is 29.1. The molecular weight excluding hydrogens is 506 g/mol. The summed E-state index contributed by atoms with van der Waals surface area (Å²) in [5.41, 5.74) is 0. The van der Waals surface area contributed by atoms with Gasteiger partial charge in [0, 0.05) is 25.2 Å². The van der Waals surface area contributed by atoms with Gasteiger partial charge in [-0.2, -0.15) is 0 Å². The fourth-order valence-electron chi connectivity index (χ4n) is 5.59. The number of carbonyl (C=O) groups excluding carboxylic acids is 1. The molecule has 0 aliphatic carbocycles. The van der Waals surface area contributed by atoms with E-state index in [-0.39, 0.29) is 19.3 Å². The number of carbonyl (C=O) groups is 3. The summed E-state index contributed by atoms with van der Waals surface area (Å²) < 4.78 is 0.607. The van der Waals surface area contributed by atoms with Gasteiger partial charge in [-0.05, 0) is 44.9 Å². The van der Waals surface area contributed by atoms with Crippen molar-refractivity contribution in [2.75, 3.05) is 26.2 Å². The van der Waals surface area contributed by atoms with Crippen molar-refractivity contribution in [2.45, 2.75) is 155 Å². The van der Waals surface area contributed by atoms with Gasteiger partial charge >= 0.3 is 11.9 Å². The van der Waals surface area contributed by atoms with Crippen molar-refractivity contribution in [3.05, 3.63) is 12.2 Å².